The van der Waals surface area contributed by atoms with Crippen LogP contribution in [0.15, 0.2) is 91.1 Å². The molecule has 0 saturated carbocycles. The van der Waals surface area contributed by atoms with E-state index in [4.69, 9.17) is 23.2 Å². The van der Waals surface area contributed by atoms with Crippen LogP contribution in [0, 0.1) is 0 Å². The van der Waals surface area contributed by atoms with Crippen LogP contribution in [-0.4, -0.2) is 4.98 Å². The third kappa shape index (κ3) is 3.37. The van der Waals surface area contributed by atoms with Crippen LogP contribution < -0.4 is 0 Å². The summed E-state index contributed by atoms with van der Waals surface area (Å²) in [5.41, 5.74) is 6.38. The van der Waals surface area contributed by atoms with Crippen molar-refractivity contribution < 1.29 is 0 Å². The molecule has 0 fully saturated rings. The van der Waals surface area contributed by atoms with Gasteiger partial charge in [0.25, 0.3) is 0 Å². The summed E-state index contributed by atoms with van der Waals surface area (Å²) in [4.78, 5) is 4.69. The summed E-state index contributed by atoms with van der Waals surface area (Å²) >= 11 is 12.2. The quantitative estimate of drug-likeness (QED) is 0.363. The minimum atomic E-state index is 0.709. The lowest BCUT2D eigenvalue weighted by atomic mass is 9.91. The highest BCUT2D eigenvalue weighted by molar-refractivity contribution is 6.31. The highest BCUT2D eigenvalue weighted by Gasteiger charge is 2.15. The SMILES string of the molecule is Clc1ccc(-c2nccc(-c3ccccc3)c2-c2ccc(Cl)cc2)cc1. The molecule has 0 radical (unpaired) electrons. The van der Waals surface area contributed by atoms with Gasteiger partial charge in [0.2, 0.25) is 0 Å². The Labute approximate surface area is 162 Å². The lowest BCUT2D eigenvalue weighted by Crippen LogP contribution is -1.93. The molecule has 0 atom stereocenters. The Morgan fingerprint density at radius 3 is 1.73 bits per heavy atom. The topological polar surface area (TPSA) is 12.9 Å². The fourth-order valence-electron chi connectivity index (χ4n) is 3.06. The van der Waals surface area contributed by atoms with E-state index in [1.165, 1.54) is 0 Å². The van der Waals surface area contributed by atoms with Gasteiger partial charge in [-0.3, -0.25) is 4.98 Å². The molecule has 0 saturated heterocycles. The minimum absolute atomic E-state index is 0.709. The molecule has 0 amide bonds. The van der Waals surface area contributed by atoms with E-state index in [0.717, 1.165) is 33.5 Å². The first-order valence-corrected chi connectivity index (χ1v) is 9.04. The van der Waals surface area contributed by atoms with Crippen LogP contribution in [0.4, 0.5) is 0 Å². The van der Waals surface area contributed by atoms with Gasteiger partial charge in [0.1, 0.15) is 0 Å². The molecule has 1 heterocycles. The molecular weight excluding hydrogens is 361 g/mol. The third-order valence-electron chi connectivity index (χ3n) is 4.29. The molecule has 1 nitrogen and oxygen atoms in total. The fraction of sp³-hybridized carbons (Fsp3) is 0. The zero-order valence-corrected chi connectivity index (χ0v) is 15.4. The van der Waals surface area contributed by atoms with E-state index >= 15 is 0 Å². The third-order valence-corrected chi connectivity index (χ3v) is 4.79. The first kappa shape index (κ1) is 16.8. The molecule has 0 spiro atoms. The summed E-state index contributed by atoms with van der Waals surface area (Å²) in [6.07, 6.45) is 1.85. The summed E-state index contributed by atoms with van der Waals surface area (Å²) in [7, 11) is 0. The zero-order chi connectivity index (χ0) is 17.9. The number of aromatic nitrogens is 1. The molecule has 0 aliphatic heterocycles. The molecule has 0 unspecified atom stereocenters. The van der Waals surface area contributed by atoms with Crippen LogP contribution in [0.5, 0.6) is 0 Å². The molecule has 0 N–H and O–H groups in total. The van der Waals surface area contributed by atoms with Crippen molar-refractivity contribution in [2.75, 3.05) is 0 Å². The summed E-state index contributed by atoms with van der Waals surface area (Å²) in [6.45, 7) is 0. The van der Waals surface area contributed by atoms with Crippen LogP contribution in [0.2, 0.25) is 10.0 Å². The number of rotatable bonds is 3. The number of halogens is 2. The van der Waals surface area contributed by atoms with E-state index in [2.05, 4.69) is 23.2 Å². The fourth-order valence-corrected chi connectivity index (χ4v) is 3.31. The number of pyridine rings is 1. The Morgan fingerprint density at radius 2 is 1.12 bits per heavy atom. The molecule has 0 aliphatic carbocycles. The smallest absolute Gasteiger partial charge is 0.0786 e. The van der Waals surface area contributed by atoms with E-state index in [1.807, 2.05) is 72.9 Å². The van der Waals surface area contributed by atoms with Crippen molar-refractivity contribution >= 4 is 23.2 Å². The Balaban J connectivity index is 2.00. The number of benzene rings is 3. The van der Waals surface area contributed by atoms with E-state index in [0.29, 0.717) is 10.0 Å². The van der Waals surface area contributed by atoms with Crippen molar-refractivity contribution in [3.05, 3.63) is 101 Å². The average molecular weight is 376 g/mol. The van der Waals surface area contributed by atoms with E-state index in [1.54, 1.807) is 0 Å². The normalized spacial score (nSPS) is 10.7. The van der Waals surface area contributed by atoms with E-state index in [9.17, 15) is 0 Å². The molecule has 0 bridgehead atoms. The maximum Gasteiger partial charge on any atom is 0.0786 e. The zero-order valence-electron chi connectivity index (χ0n) is 13.9. The standard InChI is InChI=1S/C23H15Cl2N/c24-19-10-6-17(7-11-19)22-21(16-4-2-1-3-5-16)14-15-26-23(22)18-8-12-20(25)13-9-18/h1-15H. The minimum Gasteiger partial charge on any atom is -0.256 e. The van der Waals surface area contributed by atoms with Crippen molar-refractivity contribution in [3.8, 4) is 33.5 Å². The van der Waals surface area contributed by atoms with Gasteiger partial charge in [0.15, 0.2) is 0 Å². The van der Waals surface area contributed by atoms with Crippen molar-refractivity contribution in [1.82, 2.24) is 4.98 Å². The van der Waals surface area contributed by atoms with Gasteiger partial charge >= 0.3 is 0 Å². The van der Waals surface area contributed by atoms with Gasteiger partial charge in [-0.2, -0.15) is 0 Å². The summed E-state index contributed by atoms with van der Waals surface area (Å²) < 4.78 is 0. The molecule has 4 aromatic rings. The van der Waals surface area contributed by atoms with Gasteiger partial charge in [-0.15, -0.1) is 0 Å². The monoisotopic (exact) mass is 375 g/mol. The second kappa shape index (κ2) is 7.33. The number of hydrogen-bond acceptors (Lipinski definition) is 1. The summed E-state index contributed by atoms with van der Waals surface area (Å²) in [5.74, 6) is 0. The van der Waals surface area contributed by atoms with E-state index in [-0.39, 0.29) is 0 Å². The molecule has 1 aromatic heterocycles. The molecule has 3 aromatic carbocycles. The largest absolute Gasteiger partial charge is 0.256 e. The maximum atomic E-state index is 6.10. The first-order valence-electron chi connectivity index (χ1n) is 8.29. The highest BCUT2D eigenvalue weighted by Crippen LogP contribution is 2.39. The number of nitrogens with zero attached hydrogens (tertiary/aromatic N) is 1. The van der Waals surface area contributed by atoms with Crippen molar-refractivity contribution in [3.63, 3.8) is 0 Å². The predicted octanol–water partition coefficient (Wildman–Crippen LogP) is 7.39. The van der Waals surface area contributed by atoms with Gasteiger partial charge in [-0.25, -0.2) is 0 Å². The maximum absolute atomic E-state index is 6.10. The van der Waals surface area contributed by atoms with Crippen LogP contribution in [0.1, 0.15) is 0 Å². The van der Waals surface area contributed by atoms with E-state index < -0.39 is 0 Å². The Morgan fingerprint density at radius 1 is 0.538 bits per heavy atom. The lowest BCUT2D eigenvalue weighted by molar-refractivity contribution is 1.32. The summed E-state index contributed by atoms with van der Waals surface area (Å²) in [6, 6.07) is 28.0. The van der Waals surface area contributed by atoms with Gasteiger partial charge in [0.05, 0.1) is 5.69 Å². The van der Waals surface area contributed by atoms with Crippen molar-refractivity contribution in [2.24, 2.45) is 0 Å². The highest BCUT2D eigenvalue weighted by atomic mass is 35.5. The molecule has 26 heavy (non-hydrogen) atoms. The van der Waals surface area contributed by atoms with Gasteiger partial charge in [-0.05, 0) is 47.0 Å². The number of hydrogen-bond donors (Lipinski definition) is 0. The molecule has 4 rings (SSSR count). The van der Waals surface area contributed by atoms with Gasteiger partial charge in [-0.1, -0.05) is 77.8 Å². The second-order valence-corrected chi connectivity index (χ2v) is 6.83. The first-order chi connectivity index (χ1) is 12.7. The predicted molar refractivity (Wildman–Crippen MR) is 111 cm³/mol. The van der Waals surface area contributed by atoms with Crippen molar-refractivity contribution in [1.29, 1.82) is 0 Å². The Kier molecular flexibility index (Phi) is 4.75. The lowest BCUT2D eigenvalue weighted by Gasteiger charge is -2.15. The Hall–Kier alpha value is -2.61. The molecule has 126 valence electrons. The average Bonchev–Trinajstić information content (AvgIpc) is 2.69. The van der Waals surface area contributed by atoms with Crippen LogP contribution in [0.3, 0.4) is 0 Å². The molecular formula is C23H15Cl2N. The summed E-state index contributed by atoms with van der Waals surface area (Å²) in [5, 5.41) is 1.42. The second-order valence-electron chi connectivity index (χ2n) is 5.96. The Bertz CT molecular complexity index is 1020. The van der Waals surface area contributed by atoms with Gasteiger partial charge < -0.3 is 0 Å². The van der Waals surface area contributed by atoms with Crippen LogP contribution in [-0.2, 0) is 0 Å². The molecule has 0 aliphatic rings. The van der Waals surface area contributed by atoms with Gasteiger partial charge in [0, 0.05) is 27.4 Å². The van der Waals surface area contributed by atoms with Crippen molar-refractivity contribution in [2.45, 2.75) is 0 Å². The van der Waals surface area contributed by atoms with Crippen LogP contribution >= 0.6 is 23.2 Å². The molecule has 3 heteroatoms. The van der Waals surface area contributed by atoms with Crippen LogP contribution in [0.25, 0.3) is 33.5 Å².